The van der Waals surface area contributed by atoms with Crippen LogP contribution in [0.25, 0.3) is 11.3 Å². The molecule has 0 saturated heterocycles. The molecule has 0 fully saturated rings. The summed E-state index contributed by atoms with van der Waals surface area (Å²) < 4.78 is 44.9. The summed E-state index contributed by atoms with van der Waals surface area (Å²) in [5.41, 5.74) is 1.84. The van der Waals surface area contributed by atoms with Gasteiger partial charge in [-0.2, -0.15) is 13.2 Å². The third kappa shape index (κ3) is 6.45. The molecule has 0 aliphatic heterocycles. The number of ether oxygens (including phenoxy) is 1. The molecule has 2 aromatic heterocycles. The molecule has 0 radical (unpaired) electrons. The largest absolute Gasteiger partial charge is 0.438 e. The normalized spacial score (nSPS) is 11.2. The SMILES string of the molecule is O=C(Nc1ccc(Oc2ncccc2-c2ccnc(Cc3ccccc3)n2)cc1)c1cccc(C(F)(F)F)c1. The van der Waals surface area contributed by atoms with Crippen molar-refractivity contribution in [2.24, 2.45) is 0 Å². The fraction of sp³-hybridized carbons (Fsp3) is 0.0667. The number of hydrogen-bond acceptors (Lipinski definition) is 5. The van der Waals surface area contributed by atoms with Gasteiger partial charge in [0.2, 0.25) is 5.88 Å². The second-order valence-corrected chi connectivity index (χ2v) is 8.54. The Hall–Kier alpha value is -5.05. The second-order valence-electron chi connectivity index (χ2n) is 8.54. The topological polar surface area (TPSA) is 77.0 Å². The van der Waals surface area contributed by atoms with Crippen LogP contribution in [0.15, 0.2) is 109 Å². The molecule has 1 N–H and O–H groups in total. The molecule has 9 heteroatoms. The van der Waals surface area contributed by atoms with Crippen LogP contribution in [-0.2, 0) is 12.6 Å². The Morgan fingerprint density at radius 3 is 2.38 bits per heavy atom. The van der Waals surface area contributed by atoms with Gasteiger partial charge in [-0.15, -0.1) is 0 Å². The van der Waals surface area contributed by atoms with Crippen molar-refractivity contribution in [2.45, 2.75) is 12.6 Å². The van der Waals surface area contributed by atoms with Crippen molar-refractivity contribution in [2.75, 3.05) is 5.32 Å². The van der Waals surface area contributed by atoms with E-state index in [0.29, 0.717) is 40.8 Å². The number of alkyl halides is 3. The first-order valence-corrected chi connectivity index (χ1v) is 11.9. The Balaban J connectivity index is 1.30. The van der Waals surface area contributed by atoms with Gasteiger partial charge in [0.15, 0.2) is 0 Å². The van der Waals surface area contributed by atoms with Crippen molar-refractivity contribution in [3.05, 3.63) is 132 Å². The molecular weight excluding hydrogens is 505 g/mol. The van der Waals surface area contributed by atoms with Crippen molar-refractivity contribution in [1.29, 1.82) is 0 Å². The van der Waals surface area contributed by atoms with Crippen molar-refractivity contribution in [3.8, 4) is 22.9 Å². The lowest BCUT2D eigenvalue weighted by atomic mass is 10.1. The van der Waals surface area contributed by atoms with Crippen LogP contribution in [0.3, 0.4) is 0 Å². The Kier molecular flexibility index (Phi) is 7.31. The average Bonchev–Trinajstić information content (AvgIpc) is 2.95. The molecule has 194 valence electrons. The van der Waals surface area contributed by atoms with Crippen LogP contribution in [0.1, 0.15) is 27.3 Å². The van der Waals surface area contributed by atoms with E-state index in [-0.39, 0.29) is 5.56 Å². The Bertz CT molecular complexity index is 1590. The van der Waals surface area contributed by atoms with Crippen LogP contribution >= 0.6 is 0 Å². The number of anilines is 1. The summed E-state index contributed by atoms with van der Waals surface area (Å²) in [5.74, 6) is 0.791. The molecule has 1 amide bonds. The number of amides is 1. The predicted octanol–water partition coefficient (Wildman–Crippen LogP) is 7.19. The van der Waals surface area contributed by atoms with Gasteiger partial charge in [-0.25, -0.2) is 15.0 Å². The second kappa shape index (κ2) is 11.1. The highest BCUT2D eigenvalue weighted by Gasteiger charge is 2.30. The highest BCUT2D eigenvalue weighted by molar-refractivity contribution is 6.04. The highest BCUT2D eigenvalue weighted by atomic mass is 19.4. The number of pyridine rings is 1. The number of nitrogens with zero attached hydrogens (tertiary/aromatic N) is 3. The number of benzene rings is 3. The number of halogens is 3. The number of carbonyl (C=O) groups excluding carboxylic acids is 1. The number of rotatable bonds is 7. The molecule has 0 atom stereocenters. The van der Waals surface area contributed by atoms with Gasteiger partial charge >= 0.3 is 6.18 Å². The lowest BCUT2D eigenvalue weighted by molar-refractivity contribution is -0.137. The van der Waals surface area contributed by atoms with Crippen molar-refractivity contribution >= 4 is 11.6 Å². The molecule has 6 nitrogen and oxygen atoms in total. The molecule has 5 rings (SSSR count). The molecule has 2 heterocycles. The van der Waals surface area contributed by atoms with Gasteiger partial charge < -0.3 is 10.1 Å². The van der Waals surface area contributed by atoms with Gasteiger partial charge in [-0.3, -0.25) is 4.79 Å². The highest BCUT2D eigenvalue weighted by Crippen LogP contribution is 2.32. The van der Waals surface area contributed by atoms with E-state index in [9.17, 15) is 18.0 Å². The van der Waals surface area contributed by atoms with E-state index in [1.54, 1.807) is 48.8 Å². The lowest BCUT2D eigenvalue weighted by Crippen LogP contribution is -2.13. The number of nitrogens with one attached hydrogen (secondary N) is 1. The van der Waals surface area contributed by atoms with E-state index in [1.807, 2.05) is 36.4 Å². The molecule has 0 spiro atoms. The molecule has 0 bridgehead atoms. The first-order valence-electron chi connectivity index (χ1n) is 11.9. The fourth-order valence-corrected chi connectivity index (χ4v) is 3.84. The molecule has 39 heavy (non-hydrogen) atoms. The van der Waals surface area contributed by atoms with Crippen LogP contribution in [0.2, 0.25) is 0 Å². The molecule has 0 aliphatic carbocycles. The summed E-state index contributed by atoms with van der Waals surface area (Å²) in [6.07, 6.45) is -0.651. The van der Waals surface area contributed by atoms with E-state index in [0.717, 1.165) is 17.7 Å². The third-order valence-electron chi connectivity index (χ3n) is 5.74. The van der Waals surface area contributed by atoms with Gasteiger partial charge in [0.1, 0.15) is 11.6 Å². The summed E-state index contributed by atoms with van der Waals surface area (Å²) in [5, 5.41) is 2.60. The summed E-state index contributed by atoms with van der Waals surface area (Å²) in [6, 6.07) is 26.0. The first-order chi connectivity index (χ1) is 18.8. The lowest BCUT2D eigenvalue weighted by Gasteiger charge is -2.12. The van der Waals surface area contributed by atoms with Crippen molar-refractivity contribution < 1.29 is 22.7 Å². The van der Waals surface area contributed by atoms with Gasteiger partial charge in [0.05, 0.1) is 16.8 Å². The Morgan fingerprint density at radius 2 is 1.62 bits per heavy atom. The predicted molar refractivity (Wildman–Crippen MR) is 140 cm³/mol. The molecule has 0 saturated carbocycles. The molecule has 3 aromatic carbocycles. The smallest absolute Gasteiger partial charge is 0.416 e. The fourth-order valence-electron chi connectivity index (χ4n) is 3.84. The maximum atomic E-state index is 13.0. The first kappa shape index (κ1) is 25.6. The van der Waals surface area contributed by atoms with E-state index >= 15 is 0 Å². The van der Waals surface area contributed by atoms with E-state index in [1.165, 1.54) is 12.1 Å². The monoisotopic (exact) mass is 526 g/mol. The van der Waals surface area contributed by atoms with E-state index < -0.39 is 17.6 Å². The summed E-state index contributed by atoms with van der Waals surface area (Å²) >= 11 is 0. The number of hydrogen-bond donors (Lipinski definition) is 1. The van der Waals surface area contributed by atoms with Crippen LogP contribution in [0, 0.1) is 0 Å². The van der Waals surface area contributed by atoms with Crippen molar-refractivity contribution in [3.63, 3.8) is 0 Å². The minimum Gasteiger partial charge on any atom is -0.438 e. The average molecular weight is 527 g/mol. The number of aromatic nitrogens is 3. The van der Waals surface area contributed by atoms with Crippen molar-refractivity contribution in [1.82, 2.24) is 15.0 Å². The third-order valence-corrected chi connectivity index (χ3v) is 5.74. The van der Waals surface area contributed by atoms with Gasteiger partial charge in [-0.05, 0) is 66.2 Å². The Labute approximate surface area is 222 Å². The zero-order chi connectivity index (χ0) is 27.2. The number of carbonyl (C=O) groups is 1. The van der Waals surface area contributed by atoms with Crippen LogP contribution < -0.4 is 10.1 Å². The molecular formula is C30H21F3N4O2. The standard InChI is InChI=1S/C30H21F3N4O2/c31-30(32,33)22-9-4-8-21(19-22)28(38)36-23-11-13-24(14-12-23)39-29-25(10-5-16-35-29)26-15-17-34-27(37-26)18-20-6-2-1-3-7-20/h1-17,19H,18H2,(H,36,38). The van der Waals surface area contributed by atoms with Gasteiger partial charge in [0.25, 0.3) is 5.91 Å². The molecule has 0 unspecified atom stereocenters. The maximum Gasteiger partial charge on any atom is 0.416 e. The van der Waals surface area contributed by atoms with Crippen LogP contribution in [-0.4, -0.2) is 20.9 Å². The zero-order valence-corrected chi connectivity index (χ0v) is 20.4. The van der Waals surface area contributed by atoms with Crippen LogP contribution in [0.5, 0.6) is 11.6 Å². The minimum absolute atomic E-state index is 0.0974. The van der Waals surface area contributed by atoms with E-state index in [2.05, 4.69) is 20.3 Å². The minimum atomic E-state index is -4.53. The Morgan fingerprint density at radius 1 is 0.821 bits per heavy atom. The van der Waals surface area contributed by atoms with Gasteiger partial charge in [0, 0.05) is 30.1 Å². The summed E-state index contributed by atoms with van der Waals surface area (Å²) in [4.78, 5) is 25.9. The quantitative estimate of drug-likeness (QED) is 0.243. The summed E-state index contributed by atoms with van der Waals surface area (Å²) in [6.45, 7) is 0. The zero-order valence-electron chi connectivity index (χ0n) is 20.4. The molecule has 5 aromatic rings. The van der Waals surface area contributed by atoms with Crippen LogP contribution in [0.4, 0.5) is 18.9 Å². The van der Waals surface area contributed by atoms with E-state index in [4.69, 9.17) is 4.74 Å². The maximum absolute atomic E-state index is 13.0. The molecule has 0 aliphatic rings. The van der Waals surface area contributed by atoms with Gasteiger partial charge in [-0.1, -0.05) is 36.4 Å². The summed E-state index contributed by atoms with van der Waals surface area (Å²) in [7, 11) is 0.